The molecule has 0 heteroatoms. The molecule has 68 valence electrons. The molecule has 1 aliphatic carbocycles. The SMILES string of the molecule is CC(C)C1(C)C#CCCCCC1. The second-order valence-corrected chi connectivity index (χ2v) is 4.43. The van der Waals surface area contributed by atoms with Gasteiger partial charge in [0.25, 0.3) is 0 Å². The molecular formula is C12H20. The van der Waals surface area contributed by atoms with Crippen LogP contribution in [0, 0.1) is 23.2 Å². The van der Waals surface area contributed by atoms with Gasteiger partial charge in [-0.3, -0.25) is 0 Å². The predicted octanol–water partition coefficient (Wildman–Crippen LogP) is 3.62. The summed E-state index contributed by atoms with van der Waals surface area (Å²) >= 11 is 0. The highest BCUT2D eigenvalue weighted by Gasteiger charge is 2.25. The van der Waals surface area contributed by atoms with Crippen LogP contribution in [-0.4, -0.2) is 0 Å². The quantitative estimate of drug-likeness (QED) is 0.519. The minimum atomic E-state index is 0.292. The van der Waals surface area contributed by atoms with Crippen LogP contribution in [0.4, 0.5) is 0 Å². The van der Waals surface area contributed by atoms with E-state index in [4.69, 9.17) is 0 Å². The Hall–Kier alpha value is -0.440. The van der Waals surface area contributed by atoms with E-state index in [1.165, 1.54) is 25.7 Å². The molecule has 0 saturated carbocycles. The lowest BCUT2D eigenvalue weighted by molar-refractivity contribution is 0.277. The van der Waals surface area contributed by atoms with E-state index in [0.717, 1.165) is 6.42 Å². The normalized spacial score (nSPS) is 30.3. The van der Waals surface area contributed by atoms with E-state index < -0.39 is 0 Å². The molecule has 1 atom stereocenters. The molecule has 1 rings (SSSR count). The van der Waals surface area contributed by atoms with Gasteiger partial charge in [0.05, 0.1) is 0 Å². The lowest BCUT2D eigenvalue weighted by Crippen LogP contribution is -2.21. The average Bonchev–Trinajstić information content (AvgIpc) is 1.97. The van der Waals surface area contributed by atoms with Gasteiger partial charge in [-0.25, -0.2) is 0 Å². The molecule has 0 radical (unpaired) electrons. The van der Waals surface area contributed by atoms with Gasteiger partial charge in [0.2, 0.25) is 0 Å². The number of hydrogen-bond donors (Lipinski definition) is 0. The predicted molar refractivity (Wildman–Crippen MR) is 53.8 cm³/mol. The zero-order chi connectivity index (χ0) is 9.03. The van der Waals surface area contributed by atoms with Gasteiger partial charge in [0.1, 0.15) is 0 Å². The molecule has 0 aromatic heterocycles. The summed E-state index contributed by atoms with van der Waals surface area (Å²) in [5, 5.41) is 0. The van der Waals surface area contributed by atoms with Crippen molar-refractivity contribution in [3.05, 3.63) is 0 Å². The van der Waals surface area contributed by atoms with Gasteiger partial charge in [-0.1, -0.05) is 32.6 Å². The Morgan fingerprint density at radius 1 is 1.17 bits per heavy atom. The Morgan fingerprint density at radius 3 is 2.58 bits per heavy atom. The van der Waals surface area contributed by atoms with E-state index in [0.29, 0.717) is 11.3 Å². The van der Waals surface area contributed by atoms with Crippen LogP contribution in [0.5, 0.6) is 0 Å². The molecule has 0 aliphatic heterocycles. The Balaban J connectivity index is 2.70. The highest BCUT2D eigenvalue weighted by molar-refractivity contribution is 5.12. The fraction of sp³-hybridized carbons (Fsp3) is 0.833. The molecular weight excluding hydrogens is 144 g/mol. The fourth-order valence-electron chi connectivity index (χ4n) is 1.64. The number of hydrogen-bond acceptors (Lipinski definition) is 0. The van der Waals surface area contributed by atoms with Gasteiger partial charge in [0.15, 0.2) is 0 Å². The van der Waals surface area contributed by atoms with Crippen LogP contribution < -0.4 is 0 Å². The largest absolute Gasteiger partial charge is 0.103 e. The van der Waals surface area contributed by atoms with Crippen LogP contribution in [-0.2, 0) is 0 Å². The standard InChI is InChI=1S/C12H20/c1-11(2)12(3)9-7-5-4-6-8-10-12/h11H,4-7,9H2,1-3H3. The molecule has 0 N–H and O–H groups in total. The summed E-state index contributed by atoms with van der Waals surface area (Å²) < 4.78 is 0. The molecule has 0 spiro atoms. The zero-order valence-corrected chi connectivity index (χ0v) is 8.61. The molecule has 0 bridgehead atoms. The maximum absolute atomic E-state index is 3.45. The van der Waals surface area contributed by atoms with Crippen LogP contribution in [0.15, 0.2) is 0 Å². The molecule has 0 saturated heterocycles. The van der Waals surface area contributed by atoms with Crippen molar-refractivity contribution in [2.45, 2.75) is 52.9 Å². The molecule has 0 fully saturated rings. The van der Waals surface area contributed by atoms with E-state index in [9.17, 15) is 0 Å². The van der Waals surface area contributed by atoms with Crippen molar-refractivity contribution >= 4 is 0 Å². The molecule has 0 nitrogen and oxygen atoms in total. The smallest absolute Gasteiger partial charge is 0.0309 e. The van der Waals surface area contributed by atoms with Crippen molar-refractivity contribution in [2.75, 3.05) is 0 Å². The third kappa shape index (κ3) is 2.27. The van der Waals surface area contributed by atoms with Crippen molar-refractivity contribution in [3.63, 3.8) is 0 Å². The average molecular weight is 164 g/mol. The molecule has 0 heterocycles. The Bertz CT molecular complexity index is 192. The van der Waals surface area contributed by atoms with Gasteiger partial charge in [-0.05, 0) is 25.7 Å². The maximum Gasteiger partial charge on any atom is 0.0309 e. The molecule has 12 heavy (non-hydrogen) atoms. The minimum absolute atomic E-state index is 0.292. The zero-order valence-electron chi connectivity index (χ0n) is 8.61. The first kappa shape index (κ1) is 9.65. The molecule has 0 amide bonds. The molecule has 0 aromatic rings. The van der Waals surface area contributed by atoms with Crippen LogP contribution in [0.1, 0.15) is 52.9 Å². The first-order valence-corrected chi connectivity index (χ1v) is 5.15. The van der Waals surface area contributed by atoms with Crippen molar-refractivity contribution in [3.8, 4) is 11.8 Å². The molecule has 1 aliphatic rings. The summed E-state index contributed by atoms with van der Waals surface area (Å²) in [5.74, 6) is 7.45. The first-order valence-electron chi connectivity index (χ1n) is 5.15. The third-order valence-corrected chi connectivity index (χ3v) is 3.15. The monoisotopic (exact) mass is 164 g/mol. The lowest BCUT2D eigenvalue weighted by atomic mass is 9.75. The van der Waals surface area contributed by atoms with Crippen molar-refractivity contribution in [1.82, 2.24) is 0 Å². The third-order valence-electron chi connectivity index (χ3n) is 3.15. The van der Waals surface area contributed by atoms with Crippen LogP contribution in [0.2, 0.25) is 0 Å². The van der Waals surface area contributed by atoms with E-state index in [1.807, 2.05) is 0 Å². The Kier molecular flexibility index (Phi) is 3.20. The van der Waals surface area contributed by atoms with Crippen molar-refractivity contribution in [2.24, 2.45) is 11.3 Å². The van der Waals surface area contributed by atoms with E-state index in [-0.39, 0.29) is 0 Å². The van der Waals surface area contributed by atoms with Gasteiger partial charge in [-0.2, -0.15) is 0 Å². The van der Waals surface area contributed by atoms with Gasteiger partial charge in [0, 0.05) is 11.8 Å². The summed E-state index contributed by atoms with van der Waals surface area (Å²) in [7, 11) is 0. The van der Waals surface area contributed by atoms with Gasteiger partial charge >= 0.3 is 0 Å². The minimum Gasteiger partial charge on any atom is -0.103 e. The number of rotatable bonds is 1. The highest BCUT2D eigenvalue weighted by Crippen LogP contribution is 2.33. The second kappa shape index (κ2) is 3.99. The van der Waals surface area contributed by atoms with Crippen LogP contribution in [0.25, 0.3) is 0 Å². The Morgan fingerprint density at radius 2 is 1.92 bits per heavy atom. The van der Waals surface area contributed by atoms with E-state index in [1.54, 1.807) is 0 Å². The van der Waals surface area contributed by atoms with Crippen LogP contribution >= 0.6 is 0 Å². The summed E-state index contributed by atoms with van der Waals surface area (Å²) in [6.07, 6.45) is 6.45. The van der Waals surface area contributed by atoms with Gasteiger partial charge < -0.3 is 0 Å². The van der Waals surface area contributed by atoms with Crippen LogP contribution in [0.3, 0.4) is 0 Å². The lowest BCUT2D eigenvalue weighted by Gasteiger charge is -2.29. The van der Waals surface area contributed by atoms with Crippen molar-refractivity contribution < 1.29 is 0 Å². The van der Waals surface area contributed by atoms with E-state index in [2.05, 4.69) is 32.6 Å². The molecule has 0 aromatic carbocycles. The summed E-state index contributed by atoms with van der Waals surface area (Å²) in [6.45, 7) is 6.89. The van der Waals surface area contributed by atoms with Gasteiger partial charge in [-0.15, -0.1) is 5.92 Å². The topological polar surface area (TPSA) is 0 Å². The summed E-state index contributed by atoms with van der Waals surface area (Å²) in [5.41, 5.74) is 0.292. The second-order valence-electron chi connectivity index (χ2n) is 4.43. The van der Waals surface area contributed by atoms with E-state index >= 15 is 0 Å². The first-order chi connectivity index (χ1) is 5.65. The van der Waals surface area contributed by atoms with Crippen molar-refractivity contribution in [1.29, 1.82) is 0 Å². The Labute approximate surface area is 76.7 Å². The molecule has 1 unspecified atom stereocenters. The maximum atomic E-state index is 3.45. The highest BCUT2D eigenvalue weighted by atomic mass is 14.3. The fourth-order valence-corrected chi connectivity index (χ4v) is 1.64. The summed E-state index contributed by atoms with van der Waals surface area (Å²) in [6, 6.07) is 0. The summed E-state index contributed by atoms with van der Waals surface area (Å²) in [4.78, 5) is 0.